The van der Waals surface area contributed by atoms with Gasteiger partial charge < -0.3 is 16.0 Å². The van der Waals surface area contributed by atoms with E-state index in [4.69, 9.17) is 0 Å². The molecule has 0 aliphatic carbocycles. The first kappa shape index (κ1) is 21.2. The molecule has 0 unspecified atom stereocenters. The van der Waals surface area contributed by atoms with Crippen molar-refractivity contribution in [1.82, 2.24) is 10.6 Å². The van der Waals surface area contributed by atoms with Gasteiger partial charge in [0.1, 0.15) is 0 Å². The number of hydrogen-bond acceptors (Lipinski definition) is 3. The van der Waals surface area contributed by atoms with Gasteiger partial charge in [0.15, 0.2) is 0 Å². The average Bonchev–Trinajstić information content (AvgIpc) is 2.63. The van der Waals surface area contributed by atoms with Crippen LogP contribution in [-0.2, 0) is 14.4 Å². The van der Waals surface area contributed by atoms with Gasteiger partial charge in [-0.3, -0.25) is 14.4 Å². The molecule has 3 N–H and O–H groups in total. The van der Waals surface area contributed by atoms with Crippen molar-refractivity contribution in [3.63, 3.8) is 0 Å². The number of carbonyl (C=O) groups excluding carboxylic acids is 3. The molecular formula is C22H27N3O3. The maximum absolute atomic E-state index is 12.3. The number of anilines is 1. The lowest BCUT2D eigenvalue weighted by Crippen LogP contribution is -2.36. The van der Waals surface area contributed by atoms with Crippen molar-refractivity contribution in [2.45, 2.75) is 40.2 Å². The van der Waals surface area contributed by atoms with E-state index < -0.39 is 6.04 Å². The molecule has 3 amide bonds. The highest BCUT2D eigenvalue weighted by molar-refractivity contribution is 5.95. The van der Waals surface area contributed by atoms with E-state index in [0.29, 0.717) is 0 Å². The van der Waals surface area contributed by atoms with Crippen molar-refractivity contribution >= 4 is 23.4 Å². The molecule has 1 atom stereocenters. The fraction of sp³-hybridized carbons (Fsp3) is 0.318. The fourth-order valence-electron chi connectivity index (χ4n) is 3.18. The van der Waals surface area contributed by atoms with Crippen molar-refractivity contribution in [3.8, 4) is 0 Å². The Labute approximate surface area is 165 Å². The summed E-state index contributed by atoms with van der Waals surface area (Å²) in [6.07, 6.45) is 0.0550. The molecule has 0 saturated heterocycles. The van der Waals surface area contributed by atoms with Crippen LogP contribution in [-0.4, -0.2) is 24.3 Å². The zero-order valence-electron chi connectivity index (χ0n) is 16.8. The van der Waals surface area contributed by atoms with Crippen molar-refractivity contribution in [1.29, 1.82) is 0 Å². The Hall–Kier alpha value is -3.15. The third kappa shape index (κ3) is 6.23. The highest BCUT2D eigenvalue weighted by Gasteiger charge is 2.17. The molecule has 148 valence electrons. The summed E-state index contributed by atoms with van der Waals surface area (Å²) in [6, 6.07) is 12.8. The minimum absolute atomic E-state index is 0.0550. The smallest absolute Gasteiger partial charge is 0.243 e. The Balaban J connectivity index is 1.93. The van der Waals surface area contributed by atoms with Gasteiger partial charge >= 0.3 is 0 Å². The van der Waals surface area contributed by atoms with Crippen molar-refractivity contribution < 1.29 is 14.4 Å². The quantitative estimate of drug-likeness (QED) is 0.689. The number of rotatable bonds is 7. The van der Waals surface area contributed by atoms with E-state index in [2.05, 4.69) is 16.0 Å². The maximum atomic E-state index is 12.3. The molecule has 0 aliphatic rings. The predicted octanol–water partition coefficient (Wildman–Crippen LogP) is 2.93. The summed E-state index contributed by atoms with van der Waals surface area (Å²) in [5.41, 5.74) is 4.69. The first-order valence-corrected chi connectivity index (χ1v) is 9.22. The predicted molar refractivity (Wildman–Crippen MR) is 110 cm³/mol. The molecule has 2 rings (SSSR count). The fourth-order valence-corrected chi connectivity index (χ4v) is 3.18. The highest BCUT2D eigenvalue weighted by atomic mass is 16.2. The SMILES string of the molecule is CC(=O)N[C@H](CC(=O)NCC(=O)Nc1c(C)cc(C)cc1C)c1ccccc1. The molecule has 28 heavy (non-hydrogen) atoms. The van der Waals surface area contributed by atoms with Crippen LogP contribution in [0.5, 0.6) is 0 Å². The van der Waals surface area contributed by atoms with E-state index in [0.717, 1.165) is 27.9 Å². The van der Waals surface area contributed by atoms with E-state index in [1.165, 1.54) is 6.92 Å². The van der Waals surface area contributed by atoms with E-state index in [1.54, 1.807) is 0 Å². The van der Waals surface area contributed by atoms with Gasteiger partial charge in [-0.1, -0.05) is 48.0 Å². The van der Waals surface area contributed by atoms with Gasteiger partial charge in [0.25, 0.3) is 0 Å². The van der Waals surface area contributed by atoms with Crippen LogP contribution in [0.4, 0.5) is 5.69 Å². The monoisotopic (exact) mass is 381 g/mol. The molecule has 0 heterocycles. The Morgan fingerprint density at radius 2 is 1.54 bits per heavy atom. The second-order valence-electron chi connectivity index (χ2n) is 6.97. The van der Waals surface area contributed by atoms with Crippen LogP contribution in [0, 0.1) is 20.8 Å². The largest absolute Gasteiger partial charge is 0.349 e. The summed E-state index contributed by atoms with van der Waals surface area (Å²) in [5.74, 6) is -0.820. The summed E-state index contributed by atoms with van der Waals surface area (Å²) in [5, 5.41) is 8.25. The van der Waals surface area contributed by atoms with Gasteiger partial charge in [0.05, 0.1) is 19.0 Å². The van der Waals surface area contributed by atoms with Gasteiger partial charge in [-0.25, -0.2) is 0 Å². The Morgan fingerprint density at radius 3 is 2.11 bits per heavy atom. The first-order chi connectivity index (χ1) is 13.3. The summed E-state index contributed by atoms with van der Waals surface area (Å²) in [7, 11) is 0. The number of carbonyl (C=O) groups is 3. The van der Waals surface area contributed by atoms with E-state index in [1.807, 2.05) is 63.2 Å². The van der Waals surface area contributed by atoms with Gasteiger partial charge in [-0.15, -0.1) is 0 Å². The average molecular weight is 381 g/mol. The normalized spacial score (nSPS) is 11.4. The number of benzene rings is 2. The Bertz CT molecular complexity index is 840. The van der Waals surface area contributed by atoms with Gasteiger partial charge in [-0.05, 0) is 37.5 Å². The van der Waals surface area contributed by atoms with Gasteiger partial charge in [-0.2, -0.15) is 0 Å². The molecule has 0 saturated carbocycles. The third-order valence-electron chi connectivity index (χ3n) is 4.36. The standard InChI is InChI=1S/C22H27N3O3/c1-14-10-15(2)22(16(3)11-14)25-21(28)13-23-20(27)12-19(24-17(4)26)18-8-6-5-7-9-18/h5-11,19H,12-13H2,1-4H3,(H,23,27)(H,24,26)(H,25,28)/t19-/m1/s1. The van der Waals surface area contributed by atoms with Crippen LogP contribution >= 0.6 is 0 Å². The zero-order chi connectivity index (χ0) is 20.7. The van der Waals surface area contributed by atoms with E-state index >= 15 is 0 Å². The molecule has 0 aliphatic heterocycles. The number of amides is 3. The Morgan fingerprint density at radius 1 is 0.929 bits per heavy atom. The van der Waals surface area contributed by atoms with Gasteiger partial charge in [0.2, 0.25) is 17.7 Å². The van der Waals surface area contributed by atoms with Crippen LogP contribution in [0.1, 0.15) is 41.6 Å². The molecule has 0 fully saturated rings. The lowest BCUT2D eigenvalue weighted by atomic mass is 10.0. The summed E-state index contributed by atoms with van der Waals surface area (Å²) in [6.45, 7) is 7.16. The molecule has 0 aromatic heterocycles. The lowest BCUT2D eigenvalue weighted by molar-refractivity contribution is -0.125. The number of hydrogen-bond donors (Lipinski definition) is 3. The molecule has 0 radical (unpaired) electrons. The minimum Gasteiger partial charge on any atom is -0.349 e. The third-order valence-corrected chi connectivity index (χ3v) is 4.36. The second kappa shape index (κ2) is 9.69. The maximum Gasteiger partial charge on any atom is 0.243 e. The van der Waals surface area contributed by atoms with Crippen LogP contribution in [0.2, 0.25) is 0 Å². The highest BCUT2D eigenvalue weighted by Crippen LogP contribution is 2.21. The number of aryl methyl sites for hydroxylation is 3. The molecule has 6 heteroatoms. The van der Waals surface area contributed by atoms with E-state index in [9.17, 15) is 14.4 Å². The topological polar surface area (TPSA) is 87.3 Å². The van der Waals surface area contributed by atoms with Crippen molar-refractivity contribution in [2.24, 2.45) is 0 Å². The number of nitrogens with one attached hydrogen (secondary N) is 3. The molecule has 0 bridgehead atoms. The van der Waals surface area contributed by atoms with Gasteiger partial charge in [0, 0.05) is 12.6 Å². The summed E-state index contributed by atoms with van der Waals surface area (Å²) in [4.78, 5) is 36.0. The lowest BCUT2D eigenvalue weighted by Gasteiger charge is -2.18. The first-order valence-electron chi connectivity index (χ1n) is 9.22. The van der Waals surface area contributed by atoms with Crippen LogP contribution < -0.4 is 16.0 Å². The summed E-state index contributed by atoms with van der Waals surface area (Å²) >= 11 is 0. The molecular weight excluding hydrogens is 354 g/mol. The van der Waals surface area contributed by atoms with Crippen molar-refractivity contribution in [2.75, 3.05) is 11.9 Å². The molecule has 2 aromatic carbocycles. The molecule has 6 nitrogen and oxygen atoms in total. The zero-order valence-corrected chi connectivity index (χ0v) is 16.8. The van der Waals surface area contributed by atoms with Crippen LogP contribution in [0.25, 0.3) is 0 Å². The van der Waals surface area contributed by atoms with Crippen LogP contribution in [0.15, 0.2) is 42.5 Å². The molecule has 2 aromatic rings. The minimum atomic E-state index is -0.441. The second-order valence-corrected chi connectivity index (χ2v) is 6.97. The Kier molecular flexibility index (Phi) is 7.32. The van der Waals surface area contributed by atoms with Crippen molar-refractivity contribution in [3.05, 3.63) is 64.7 Å². The van der Waals surface area contributed by atoms with Crippen LogP contribution in [0.3, 0.4) is 0 Å². The molecule has 0 spiro atoms. The summed E-state index contributed by atoms with van der Waals surface area (Å²) < 4.78 is 0. The van der Waals surface area contributed by atoms with E-state index in [-0.39, 0.29) is 30.7 Å².